The minimum Gasteiger partial charge on any atom is -0.369 e. The van der Waals surface area contributed by atoms with Gasteiger partial charge in [-0.2, -0.15) is 0 Å². The van der Waals surface area contributed by atoms with Gasteiger partial charge in [0.05, 0.1) is 5.69 Å². The zero-order valence-electron chi connectivity index (χ0n) is 13.5. The predicted molar refractivity (Wildman–Crippen MR) is 88.3 cm³/mol. The van der Waals surface area contributed by atoms with Crippen molar-refractivity contribution in [3.63, 3.8) is 0 Å². The summed E-state index contributed by atoms with van der Waals surface area (Å²) in [6.45, 7) is 8.28. The molecule has 21 heavy (non-hydrogen) atoms. The number of nitrogens with one attached hydrogen (secondary N) is 1. The maximum Gasteiger partial charge on any atom is 0.146 e. The minimum absolute atomic E-state index is 0.103. The largest absolute Gasteiger partial charge is 0.369 e. The third kappa shape index (κ3) is 4.19. The van der Waals surface area contributed by atoms with Crippen LogP contribution in [0.15, 0.2) is 24.3 Å². The molecule has 1 aromatic carbocycles. The second-order valence-corrected chi connectivity index (χ2v) is 6.35. The van der Waals surface area contributed by atoms with E-state index in [9.17, 15) is 4.39 Å². The van der Waals surface area contributed by atoms with E-state index in [1.165, 1.54) is 32.1 Å². The fraction of sp³-hybridized carbons (Fsp3) is 0.667. The number of hydrogen-bond acceptors (Lipinski definition) is 2. The minimum atomic E-state index is -0.103. The third-order valence-electron chi connectivity index (χ3n) is 4.69. The molecule has 0 aromatic heterocycles. The molecule has 1 saturated carbocycles. The van der Waals surface area contributed by atoms with Crippen molar-refractivity contribution in [3.05, 3.63) is 30.1 Å². The average Bonchev–Trinajstić information content (AvgIpc) is 2.95. The van der Waals surface area contributed by atoms with Gasteiger partial charge in [-0.1, -0.05) is 31.9 Å². The zero-order chi connectivity index (χ0) is 15.1. The van der Waals surface area contributed by atoms with Gasteiger partial charge in [0, 0.05) is 25.0 Å². The Balaban J connectivity index is 2.09. The Hall–Kier alpha value is -1.09. The van der Waals surface area contributed by atoms with Crippen molar-refractivity contribution in [2.75, 3.05) is 31.1 Å². The molecule has 0 bridgehead atoms. The summed E-state index contributed by atoms with van der Waals surface area (Å²) in [6.07, 6.45) is 6.30. The molecule has 0 aliphatic heterocycles. The van der Waals surface area contributed by atoms with Crippen LogP contribution in [-0.2, 0) is 0 Å². The van der Waals surface area contributed by atoms with Gasteiger partial charge in [0.1, 0.15) is 5.82 Å². The van der Waals surface area contributed by atoms with Crippen LogP contribution in [0.2, 0.25) is 0 Å². The van der Waals surface area contributed by atoms with Gasteiger partial charge in [-0.25, -0.2) is 4.39 Å². The van der Waals surface area contributed by atoms with Crippen LogP contribution in [0.25, 0.3) is 0 Å². The summed E-state index contributed by atoms with van der Waals surface area (Å²) in [6, 6.07) is 7.16. The highest BCUT2D eigenvalue weighted by molar-refractivity contribution is 5.47. The molecular formula is C18H29FN2. The number of hydrogen-bond donors (Lipinski definition) is 1. The van der Waals surface area contributed by atoms with Crippen LogP contribution in [0.1, 0.15) is 46.0 Å². The molecule has 1 N–H and O–H groups in total. The highest BCUT2D eigenvalue weighted by atomic mass is 19.1. The van der Waals surface area contributed by atoms with Crippen LogP contribution in [0, 0.1) is 11.2 Å². The van der Waals surface area contributed by atoms with Crippen molar-refractivity contribution in [2.45, 2.75) is 46.0 Å². The smallest absolute Gasteiger partial charge is 0.146 e. The van der Waals surface area contributed by atoms with Gasteiger partial charge >= 0.3 is 0 Å². The zero-order valence-corrected chi connectivity index (χ0v) is 13.5. The number of nitrogens with zero attached hydrogens (tertiary/aromatic N) is 1. The van der Waals surface area contributed by atoms with Gasteiger partial charge in [0.25, 0.3) is 0 Å². The van der Waals surface area contributed by atoms with E-state index in [1.807, 2.05) is 12.1 Å². The van der Waals surface area contributed by atoms with Gasteiger partial charge in [-0.15, -0.1) is 0 Å². The van der Waals surface area contributed by atoms with Crippen molar-refractivity contribution in [1.29, 1.82) is 0 Å². The second-order valence-electron chi connectivity index (χ2n) is 6.35. The number of anilines is 1. The fourth-order valence-corrected chi connectivity index (χ4v) is 3.53. The lowest BCUT2D eigenvalue weighted by Gasteiger charge is -2.36. The summed E-state index contributed by atoms with van der Waals surface area (Å²) in [7, 11) is 0. The molecule has 2 rings (SSSR count). The van der Waals surface area contributed by atoms with Crippen molar-refractivity contribution in [3.8, 4) is 0 Å². The van der Waals surface area contributed by atoms with Crippen LogP contribution < -0.4 is 10.2 Å². The molecule has 0 amide bonds. The van der Waals surface area contributed by atoms with E-state index in [0.717, 1.165) is 31.9 Å². The summed E-state index contributed by atoms with van der Waals surface area (Å²) >= 11 is 0. The summed E-state index contributed by atoms with van der Waals surface area (Å²) in [4.78, 5) is 2.22. The monoisotopic (exact) mass is 292 g/mol. The highest BCUT2D eigenvalue weighted by Crippen LogP contribution is 2.39. The maximum atomic E-state index is 14.1. The van der Waals surface area contributed by atoms with Gasteiger partial charge < -0.3 is 10.2 Å². The van der Waals surface area contributed by atoms with Crippen molar-refractivity contribution in [2.24, 2.45) is 5.41 Å². The van der Waals surface area contributed by atoms with Crippen LogP contribution in [0.4, 0.5) is 10.1 Å². The van der Waals surface area contributed by atoms with Gasteiger partial charge in [0.15, 0.2) is 0 Å². The lowest BCUT2D eigenvalue weighted by atomic mass is 9.85. The molecule has 3 heteroatoms. The molecule has 0 radical (unpaired) electrons. The summed E-state index contributed by atoms with van der Waals surface area (Å²) < 4.78 is 14.1. The molecule has 1 aliphatic rings. The summed E-state index contributed by atoms with van der Waals surface area (Å²) in [5.74, 6) is -0.103. The maximum absolute atomic E-state index is 14.1. The average molecular weight is 292 g/mol. The Morgan fingerprint density at radius 3 is 2.52 bits per heavy atom. The quantitative estimate of drug-likeness (QED) is 0.722. The van der Waals surface area contributed by atoms with Crippen molar-refractivity contribution >= 4 is 5.69 Å². The first-order chi connectivity index (χ1) is 10.2. The standard InChI is InChI=1S/C18H29FN2/c1-3-13-20-14-18(11-7-8-12-18)15-21(4-2)17-10-6-5-9-16(17)19/h5-6,9-10,20H,3-4,7-8,11-15H2,1-2H3. The third-order valence-corrected chi connectivity index (χ3v) is 4.69. The van der Waals surface area contributed by atoms with Gasteiger partial charge in [-0.3, -0.25) is 0 Å². The van der Waals surface area contributed by atoms with Crippen LogP contribution >= 0.6 is 0 Å². The lowest BCUT2D eigenvalue weighted by molar-refractivity contribution is 0.283. The molecule has 0 unspecified atom stereocenters. The molecule has 1 aliphatic carbocycles. The predicted octanol–water partition coefficient (Wildman–Crippen LogP) is 4.21. The van der Waals surface area contributed by atoms with E-state index in [4.69, 9.17) is 0 Å². The number of halogens is 1. The highest BCUT2D eigenvalue weighted by Gasteiger charge is 2.35. The second kappa shape index (κ2) is 7.79. The molecule has 1 fully saturated rings. The topological polar surface area (TPSA) is 15.3 Å². The van der Waals surface area contributed by atoms with E-state index >= 15 is 0 Å². The first-order valence-corrected chi connectivity index (χ1v) is 8.41. The Kier molecular flexibility index (Phi) is 6.04. The number of rotatable bonds is 8. The van der Waals surface area contributed by atoms with E-state index in [0.29, 0.717) is 5.41 Å². The number of para-hydroxylation sites is 1. The summed E-state index contributed by atoms with van der Waals surface area (Å²) in [5.41, 5.74) is 1.06. The Morgan fingerprint density at radius 1 is 1.19 bits per heavy atom. The molecule has 2 nitrogen and oxygen atoms in total. The lowest BCUT2D eigenvalue weighted by Crippen LogP contribution is -2.43. The van der Waals surface area contributed by atoms with E-state index < -0.39 is 0 Å². The van der Waals surface area contributed by atoms with Gasteiger partial charge in [0.2, 0.25) is 0 Å². The summed E-state index contributed by atoms with van der Waals surface area (Å²) in [5, 5.41) is 3.59. The van der Waals surface area contributed by atoms with Crippen molar-refractivity contribution < 1.29 is 4.39 Å². The molecule has 0 heterocycles. The van der Waals surface area contributed by atoms with E-state index in [-0.39, 0.29) is 5.82 Å². The molecular weight excluding hydrogens is 263 g/mol. The fourth-order valence-electron chi connectivity index (χ4n) is 3.53. The first kappa shape index (κ1) is 16.3. The molecule has 0 saturated heterocycles. The first-order valence-electron chi connectivity index (χ1n) is 8.41. The van der Waals surface area contributed by atoms with E-state index in [1.54, 1.807) is 12.1 Å². The normalized spacial score (nSPS) is 17.1. The van der Waals surface area contributed by atoms with Crippen LogP contribution in [0.3, 0.4) is 0 Å². The van der Waals surface area contributed by atoms with Gasteiger partial charge in [-0.05, 0) is 44.9 Å². The van der Waals surface area contributed by atoms with Crippen LogP contribution in [-0.4, -0.2) is 26.2 Å². The van der Waals surface area contributed by atoms with E-state index in [2.05, 4.69) is 24.1 Å². The Bertz CT molecular complexity index is 427. The molecule has 1 aromatic rings. The van der Waals surface area contributed by atoms with Crippen molar-refractivity contribution in [1.82, 2.24) is 5.32 Å². The van der Waals surface area contributed by atoms with Crippen LogP contribution in [0.5, 0.6) is 0 Å². The number of benzene rings is 1. The SMILES string of the molecule is CCCNCC1(CN(CC)c2ccccc2F)CCCC1. The Morgan fingerprint density at radius 2 is 1.90 bits per heavy atom. The molecule has 0 atom stereocenters. The molecule has 0 spiro atoms. The molecule has 118 valence electrons. The Labute approximate surface area is 128 Å².